The molecule has 0 heterocycles. The molecule has 2 heteroatoms. The van der Waals surface area contributed by atoms with Gasteiger partial charge in [0.2, 0.25) is 0 Å². The third-order valence-electron chi connectivity index (χ3n) is 4.97. The predicted molar refractivity (Wildman–Crippen MR) is 88.0 cm³/mol. The lowest BCUT2D eigenvalue weighted by atomic mass is 9.91. The maximum Gasteiger partial charge on any atom is 0.120 e. The van der Waals surface area contributed by atoms with E-state index >= 15 is 0 Å². The lowest BCUT2D eigenvalue weighted by molar-refractivity contribution is 0.114. The summed E-state index contributed by atoms with van der Waals surface area (Å²) in [4.78, 5) is 0. The summed E-state index contributed by atoms with van der Waals surface area (Å²) >= 11 is 0. The van der Waals surface area contributed by atoms with Crippen molar-refractivity contribution in [2.24, 2.45) is 0 Å². The van der Waals surface area contributed by atoms with Gasteiger partial charge in [-0.05, 0) is 81.2 Å². The van der Waals surface area contributed by atoms with Gasteiger partial charge in [-0.3, -0.25) is 0 Å². The van der Waals surface area contributed by atoms with Crippen molar-refractivity contribution in [1.82, 2.24) is 5.32 Å². The second-order valence-electron chi connectivity index (χ2n) is 6.64. The highest BCUT2D eigenvalue weighted by molar-refractivity contribution is 5.37. The van der Waals surface area contributed by atoms with Gasteiger partial charge in [0.15, 0.2) is 0 Å². The van der Waals surface area contributed by atoms with Crippen molar-refractivity contribution in [2.75, 3.05) is 6.54 Å². The minimum Gasteiger partial charge on any atom is -0.489 e. The normalized spacial score (nSPS) is 25.4. The van der Waals surface area contributed by atoms with Crippen molar-refractivity contribution in [2.45, 2.75) is 76.9 Å². The zero-order valence-electron chi connectivity index (χ0n) is 13.4. The van der Waals surface area contributed by atoms with Crippen molar-refractivity contribution in [3.05, 3.63) is 29.3 Å². The lowest BCUT2D eigenvalue weighted by Gasteiger charge is -2.33. The Morgan fingerprint density at radius 2 is 1.86 bits per heavy atom. The van der Waals surface area contributed by atoms with Crippen LogP contribution in [0.4, 0.5) is 0 Å². The first kappa shape index (κ1) is 14.9. The molecule has 1 N–H and O–H groups in total. The van der Waals surface area contributed by atoms with Crippen LogP contribution in [0.1, 0.15) is 63.0 Å². The van der Waals surface area contributed by atoms with Crippen molar-refractivity contribution in [1.29, 1.82) is 0 Å². The van der Waals surface area contributed by atoms with Crippen LogP contribution in [0.3, 0.4) is 0 Å². The highest BCUT2D eigenvalue weighted by Crippen LogP contribution is 2.28. The van der Waals surface area contributed by atoms with E-state index in [0.29, 0.717) is 12.1 Å². The van der Waals surface area contributed by atoms with E-state index < -0.39 is 0 Å². The Balaban J connectivity index is 1.66. The van der Waals surface area contributed by atoms with Gasteiger partial charge in [0.25, 0.3) is 0 Å². The Labute approximate surface area is 129 Å². The molecule has 2 aliphatic carbocycles. The predicted octanol–water partition coefficient (Wildman–Crippen LogP) is 4.26. The van der Waals surface area contributed by atoms with Crippen LogP contribution in [0.2, 0.25) is 0 Å². The van der Waals surface area contributed by atoms with Gasteiger partial charge in [-0.2, -0.15) is 0 Å². The molecule has 0 bridgehead atoms. The number of ether oxygens (including phenoxy) is 1. The minimum atomic E-state index is 0.354. The largest absolute Gasteiger partial charge is 0.489 e. The summed E-state index contributed by atoms with van der Waals surface area (Å²) in [6.07, 6.45) is 11.8. The second kappa shape index (κ2) is 7.31. The van der Waals surface area contributed by atoms with E-state index in [1.165, 1.54) is 68.9 Å². The maximum atomic E-state index is 6.37. The van der Waals surface area contributed by atoms with Crippen LogP contribution < -0.4 is 10.1 Å². The van der Waals surface area contributed by atoms with Crippen LogP contribution in [0.15, 0.2) is 18.2 Å². The standard InChI is InChI=1S/C19H29NO/c1-2-13-20-18-9-5-6-10-19(18)21-17-12-11-15-7-3-4-8-16(15)14-17/h11-12,14,18-20H,2-10,13H2,1H3. The molecule has 0 aromatic heterocycles. The third kappa shape index (κ3) is 3.79. The zero-order valence-corrected chi connectivity index (χ0v) is 13.4. The van der Waals surface area contributed by atoms with Crippen molar-refractivity contribution >= 4 is 0 Å². The number of rotatable bonds is 5. The van der Waals surface area contributed by atoms with Gasteiger partial charge >= 0.3 is 0 Å². The molecule has 1 saturated carbocycles. The fourth-order valence-corrected chi connectivity index (χ4v) is 3.76. The number of nitrogens with one attached hydrogen (secondary N) is 1. The van der Waals surface area contributed by atoms with Crippen LogP contribution in [0.25, 0.3) is 0 Å². The van der Waals surface area contributed by atoms with Gasteiger partial charge in [-0.25, -0.2) is 0 Å². The topological polar surface area (TPSA) is 21.3 Å². The Kier molecular flexibility index (Phi) is 5.18. The van der Waals surface area contributed by atoms with E-state index in [1.54, 1.807) is 0 Å². The molecule has 116 valence electrons. The summed E-state index contributed by atoms with van der Waals surface area (Å²) in [6.45, 7) is 3.34. The van der Waals surface area contributed by atoms with Crippen LogP contribution in [0, 0.1) is 0 Å². The molecule has 21 heavy (non-hydrogen) atoms. The van der Waals surface area contributed by atoms with Gasteiger partial charge in [0.05, 0.1) is 0 Å². The molecule has 2 aliphatic rings. The number of fused-ring (bicyclic) bond motifs is 1. The van der Waals surface area contributed by atoms with Gasteiger partial charge in [0, 0.05) is 6.04 Å². The fraction of sp³-hybridized carbons (Fsp3) is 0.684. The van der Waals surface area contributed by atoms with E-state index in [2.05, 4.69) is 30.4 Å². The molecular weight excluding hydrogens is 258 g/mol. The smallest absolute Gasteiger partial charge is 0.120 e. The van der Waals surface area contributed by atoms with E-state index in [0.717, 1.165) is 12.3 Å². The summed E-state index contributed by atoms with van der Waals surface area (Å²) in [5.41, 5.74) is 3.06. The number of benzene rings is 1. The Morgan fingerprint density at radius 1 is 1.05 bits per heavy atom. The third-order valence-corrected chi connectivity index (χ3v) is 4.97. The molecule has 1 fully saturated rings. The highest BCUT2D eigenvalue weighted by Gasteiger charge is 2.26. The molecule has 0 saturated heterocycles. The molecule has 3 rings (SSSR count). The molecule has 2 nitrogen and oxygen atoms in total. The van der Waals surface area contributed by atoms with Crippen LogP contribution in [-0.4, -0.2) is 18.7 Å². The first-order valence-corrected chi connectivity index (χ1v) is 8.88. The van der Waals surface area contributed by atoms with Gasteiger partial charge < -0.3 is 10.1 Å². The SMILES string of the molecule is CCCNC1CCCCC1Oc1ccc2c(c1)CCCC2. The number of hydrogen-bond donors (Lipinski definition) is 1. The molecule has 0 spiro atoms. The summed E-state index contributed by atoms with van der Waals surface area (Å²) < 4.78 is 6.37. The average molecular weight is 287 g/mol. The Hall–Kier alpha value is -1.02. The van der Waals surface area contributed by atoms with Crippen LogP contribution in [-0.2, 0) is 12.8 Å². The summed E-state index contributed by atoms with van der Waals surface area (Å²) in [7, 11) is 0. The first-order chi connectivity index (χ1) is 10.4. The zero-order chi connectivity index (χ0) is 14.5. The van der Waals surface area contributed by atoms with Gasteiger partial charge in [-0.1, -0.05) is 19.4 Å². The molecule has 0 radical (unpaired) electrons. The van der Waals surface area contributed by atoms with E-state index in [9.17, 15) is 0 Å². The fourth-order valence-electron chi connectivity index (χ4n) is 3.76. The van der Waals surface area contributed by atoms with Crippen molar-refractivity contribution < 1.29 is 4.74 Å². The number of hydrogen-bond acceptors (Lipinski definition) is 2. The molecule has 1 aromatic rings. The van der Waals surface area contributed by atoms with Crippen LogP contribution >= 0.6 is 0 Å². The quantitative estimate of drug-likeness (QED) is 0.874. The van der Waals surface area contributed by atoms with Crippen molar-refractivity contribution in [3.8, 4) is 5.75 Å². The molecule has 1 aromatic carbocycles. The minimum absolute atomic E-state index is 0.354. The number of aryl methyl sites for hydroxylation is 2. The molecule has 2 atom stereocenters. The highest BCUT2D eigenvalue weighted by atomic mass is 16.5. The average Bonchev–Trinajstić information content (AvgIpc) is 2.54. The van der Waals surface area contributed by atoms with Crippen LogP contribution in [0.5, 0.6) is 5.75 Å². The first-order valence-electron chi connectivity index (χ1n) is 8.88. The molecular formula is C19H29NO. The molecule has 0 aliphatic heterocycles. The van der Waals surface area contributed by atoms with Crippen molar-refractivity contribution in [3.63, 3.8) is 0 Å². The Bertz CT molecular complexity index is 457. The summed E-state index contributed by atoms with van der Waals surface area (Å²) in [5, 5.41) is 3.68. The van der Waals surface area contributed by atoms with E-state index in [1.807, 2.05) is 0 Å². The van der Waals surface area contributed by atoms with E-state index in [-0.39, 0.29) is 0 Å². The Morgan fingerprint density at radius 3 is 2.71 bits per heavy atom. The van der Waals surface area contributed by atoms with Gasteiger partial charge in [0.1, 0.15) is 11.9 Å². The summed E-state index contributed by atoms with van der Waals surface area (Å²) in [6, 6.07) is 7.33. The second-order valence-corrected chi connectivity index (χ2v) is 6.64. The molecule has 2 unspecified atom stereocenters. The van der Waals surface area contributed by atoms with Gasteiger partial charge in [-0.15, -0.1) is 0 Å². The molecule has 0 amide bonds. The van der Waals surface area contributed by atoms with E-state index in [4.69, 9.17) is 4.74 Å². The summed E-state index contributed by atoms with van der Waals surface area (Å²) in [5.74, 6) is 1.09. The maximum absolute atomic E-state index is 6.37. The monoisotopic (exact) mass is 287 g/mol. The lowest BCUT2D eigenvalue weighted by Crippen LogP contribution is -2.45.